The molecule has 7 heteroatoms. The molecule has 1 saturated heterocycles. The minimum atomic E-state index is -1.11. The Morgan fingerprint density at radius 3 is 2.47 bits per heavy atom. The zero-order valence-electron chi connectivity index (χ0n) is 10.5. The summed E-state index contributed by atoms with van der Waals surface area (Å²) in [4.78, 5) is 12.9. The van der Waals surface area contributed by atoms with Gasteiger partial charge < -0.3 is 4.74 Å². The molecule has 2 rings (SSSR count). The molecule has 6 nitrogen and oxygen atoms in total. The molecule has 0 amide bonds. The first kappa shape index (κ1) is 14.1. The lowest BCUT2D eigenvalue weighted by molar-refractivity contribution is -0.384. The zero-order valence-corrected chi connectivity index (χ0v) is 11.3. The third-order valence-electron chi connectivity index (χ3n) is 3.01. The summed E-state index contributed by atoms with van der Waals surface area (Å²) in [5.41, 5.74) is 0.0222. The standard InChI is InChI=1S/C12H16N2O4S/c15-14(16)11-1-3-12(4-2-11)19(17)10-7-13-5-8-18-9-6-13/h1-4H,5-10H2. The maximum absolute atomic E-state index is 12.1. The van der Waals surface area contributed by atoms with Crippen LogP contribution in [0.15, 0.2) is 29.2 Å². The Hall–Kier alpha value is -1.31. The highest BCUT2D eigenvalue weighted by atomic mass is 32.2. The smallest absolute Gasteiger partial charge is 0.269 e. The number of ether oxygens (including phenoxy) is 1. The number of hydrogen-bond acceptors (Lipinski definition) is 5. The highest BCUT2D eigenvalue weighted by Crippen LogP contribution is 2.14. The SMILES string of the molecule is O=[N+]([O-])c1ccc(S(=O)CCN2CCOCC2)cc1. The third kappa shape index (κ3) is 4.09. The fourth-order valence-electron chi connectivity index (χ4n) is 1.87. The lowest BCUT2D eigenvalue weighted by Gasteiger charge is -2.26. The van der Waals surface area contributed by atoms with Gasteiger partial charge in [-0.25, -0.2) is 0 Å². The number of morpholine rings is 1. The van der Waals surface area contributed by atoms with E-state index in [1.54, 1.807) is 12.1 Å². The van der Waals surface area contributed by atoms with Crippen LogP contribution in [0.1, 0.15) is 0 Å². The first-order valence-corrected chi connectivity index (χ1v) is 7.41. The van der Waals surface area contributed by atoms with Crippen molar-refractivity contribution in [3.63, 3.8) is 0 Å². The van der Waals surface area contributed by atoms with Gasteiger partial charge in [0.25, 0.3) is 5.69 Å². The predicted octanol–water partition coefficient (Wildman–Crippen LogP) is 1.03. The number of benzene rings is 1. The molecule has 1 aromatic carbocycles. The van der Waals surface area contributed by atoms with Gasteiger partial charge in [0.05, 0.1) is 28.9 Å². The summed E-state index contributed by atoms with van der Waals surface area (Å²) in [5, 5.41) is 10.5. The molecule has 104 valence electrons. The van der Waals surface area contributed by atoms with Crippen molar-refractivity contribution in [1.82, 2.24) is 4.90 Å². The Labute approximate surface area is 114 Å². The maximum Gasteiger partial charge on any atom is 0.269 e. The van der Waals surface area contributed by atoms with Crippen LogP contribution in [-0.2, 0) is 15.5 Å². The van der Waals surface area contributed by atoms with E-state index >= 15 is 0 Å². The van der Waals surface area contributed by atoms with Gasteiger partial charge in [0, 0.05) is 42.4 Å². The summed E-state index contributed by atoms with van der Waals surface area (Å²) in [6, 6.07) is 5.91. The van der Waals surface area contributed by atoms with Gasteiger partial charge in [-0.05, 0) is 12.1 Å². The Balaban J connectivity index is 1.86. The van der Waals surface area contributed by atoms with Gasteiger partial charge in [-0.15, -0.1) is 0 Å². The third-order valence-corrected chi connectivity index (χ3v) is 4.36. The molecule has 0 spiro atoms. The molecular formula is C12H16N2O4S. The second-order valence-electron chi connectivity index (χ2n) is 4.25. The molecule has 1 heterocycles. The van der Waals surface area contributed by atoms with E-state index in [-0.39, 0.29) is 5.69 Å². The van der Waals surface area contributed by atoms with Crippen molar-refractivity contribution in [3.05, 3.63) is 34.4 Å². The van der Waals surface area contributed by atoms with Crippen molar-refractivity contribution < 1.29 is 13.9 Å². The Morgan fingerprint density at radius 1 is 1.26 bits per heavy atom. The van der Waals surface area contributed by atoms with E-state index in [9.17, 15) is 14.3 Å². The predicted molar refractivity (Wildman–Crippen MR) is 71.6 cm³/mol. The number of nitrogens with zero attached hydrogens (tertiary/aromatic N) is 2. The van der Waals surface area contributed by atoms with Crippen LogP contribution < -0.4 is 0 Å². The maximum atomic E-state index is 12.1. The number of nitro groups is 1. The van der Waals surface area contributed by atoms with E-state index < -0.39 is 15.7 Å². The highest BCUT2D eigenvalue weighted by Gasteiger charge is 2.13. The molecule has 0 aliphatic carbocycles. The zero-order chi connectivity index (χ0) is 13.7. The van der Waals surface area contributed by atoms with E-state index in [2.05, 4.69) is 4.90 Å². The van der Waals surface area contributed by atoms with Crippen LogP contribution in [-0.4, -0.2) is 52.6 Å². The lowest BCUT2D eigenvalue weighted by Crippen LogP contribution is -2.38. The second-order valence-corrected chi connectivity index (χ2v) is 5.83. The fraction of sp³-hybridized carbons (Fsp3) is 0.500. The van der Waals surface area contributed by atoms with Crippen LogP contribution in [0.2, 0.25) is 0 Å². The highest BCUT2D eigenvalue weighted by molar-refractivity contribution is 7.85. The quantitative estimate of drug-likeness (QED) is 0.596. The van der Waals surface area contributed by atoms with Crippen LogP contribution in [0.3, 0.4) is 0 Å². The minimum Gasteiger partial charge on any atom is -0.379 e. The molecule has 1 aromatic rings. The van der Waals surface area contributed by atoms with Crippen LogP contribution in [0.5, 0.6) is 0 Å². The molecule has 0 aromatic heterocycles. The van der Waals surface area contributed by atoms with Crippen molar-refractivity contribution in [2.24, 2.45) is 0 Å². The van der Waals surface area contributed by atoms with Gasteiger partial charge in [-0.1, -0.05) is 0 Å². The summed E-state index contributed by atoms with van der Waals surface area (Å²) < 4.78 is 17.3. The molecule has 1 aliphatic heterocycles. The van der Waals surface area contributed by atoms with Crippen molar-refractivity contribution in [2.45, 2.75) is 4.90 Å². The summed E-state index contributed by atoms with van der Waals surface area (Å²) in [6.07, 6.45) is 0. The topological polar surface area (TPSA) is 72.7 Å². The molecule has 1 aliphatic rings. The van der Waals surface area contributed by atoms with Gasteiger partial charge in [0.1, 0.15) is 0 Å². The molecule has 0 N–H and O–H groups in total. The second kappa shape index (κ2) is 6.74. The molecular weight excluding hydrogens is 268 g/mol. The van der Waals surface area contributed by atoms with Gasteiger partial charge in [0.2, 0.25) is 0 Å². The van der Waals surface area contributed by atoms with Gasteiger partial charge in [-0.3, -0.25) is 19.2 Å². The fourth-order valence-corrected chi connectivity index (χ4v) is 2.97. The molecule has 1 fully saturated rings. The van der Waals surface area contributed by atoms with Crippen LogP contribution in [0, 0.1) is 10.1 Å². The monoisotopic (exact) mass is 284 g/mol. The lowest BCUT2D eigenvalue weighted by atomic mass is 10.3. The van der Waals surface area contributed by atoms with Crippen molar-refractivity contribution >= 4 is 16.5 Å². The Bertz CT molecular complexity index is 457. The molecule has 1 unspecified atom stereocenters. The van der Waals surface area contributed by atoms with Crippen LogP contribution >= 0.6 is 0 Å². The first-order chi connectivity index (χ1) is 9.16. The molecule has 0 saturated carbocycles. The Kier molecular flexibility index (Phi) is 5.00. The molecule has 19 heavy (non-hydrogen) atoms. The molecule has 1 atom stereocenters. The van der Waals surface area contributed by atoms with E-state index in [1.165, 1.54) is 12.1 Å². The van der Waals surface area contributed by atoms with E-state index in [0.717, 1.165) is 32.8 Å². The average molecular weight is 284 g/mol. The molecule has 0 bridgehead atoms. The summed E-state index contributed by atoms with van der Waals surface area (Å²) in [5.74, 6) is 0.539. The van der Waals surface area contributed by atoms with E-state index in [4.69, 9.17) is 4.74 Å². The summed E-state index contributed by atoms with van der Waals surface area (Å²) in [6.45, 7) is 3.95. The number of non-ortho nitro benzene ring substituents is 1. The van der Waals surface area contributed by atoms with E-state index in [1.807, 2.05) is 0 Å². The number of hydrogen-bond donors (Lipinski definition) is 0. The summed E-state index contributed by atoms with van der Waals surface area (Å²) >= 11 is 0. The number of nitro benzene ring substituents is 1. The number of rotatable bonds is 5. The van der Waals surface area contributed by atoms with E-state index in [0.29, 0.717) is 10.6 Å². The largest absolute Gasteiger partial charge is 0.379 e. The Morgan fingerprint density at radius 2 is 1.89 bits per heavy atom. The van der Waals surface area contributed by atoms with Gasteiger partial charge >= 0.3 is 0 Å². The van der Waals surface area contributed by atoms with Crippen LogP contribution in [0.4, 0.5) is 5.69 Å². The van der Waals surface area contributed by atoms with Crippen molar-refractivity contribution in [3.8, 4) is 0 Å². The van der Waals surface area contributed by atoms with Crippen molar-refractivity contribution in [1.29, 1.82) is 0 Å². The van der Waals surface area contributed by atoms with Gasteiger partial charge in [-0.2, -0.15) is 0 Å². The van der Waals surface area contributed by atoms with Crippen molar-refractivity contribution in [2.75, 3.05) is 38.6 Å². The molecule has 0 radical (unpaired) electrons. The minimum absolute atomic E-state index is 0.0222. The van der Waals surface area contributed by atoms with Crippen LogP contribution in [0.25, 0.3) is 0 Å². The summed E-state index contributed by atoms with van der Waals surface area (Å²) in [7, 11) is -1.11. The van der Waals surface area contributed by atoms with Gasteiger partial charge in [0.15, 0.2) is 0 Å². The average Bonchev–Trinajstić information content (AvgIpc) is 2.46. The normalized spacial score (nSPS) is 18.1. The first-order valence-electron chi connectivity index (χ1n) is 6.10.